The number of ether oxygens (including phenoxy) is 1. The Hall–Kier alpha value is -0.620. The van der Waals surface area contributed by atoms with E-state index in [0.29, 0.717) is 19.1 Å². The smallest absolute Gasteiger partial charge is 0.252 e. The summed E-state index contributed by atoms with van der Waals surface area (Å²) in [6.45, 7) is 6.38. The van der Waals surface area contributed by atoms with Crippen LogP contribution in [0.3, 0.4) is 0 Å². The van der Waals surface area contributed by atoms with E-state index in [-0.39, 0.29) is 5.91 Å². The van der Waals surface area contributed by atoms with Gasteiger partial charge in [0.1, 0.15) is 0 Å². The molecule has 3 nitrogen and oxygen atoms in total. The van der Waals surface area contributed by atoms with Gasteiger partial charge in [-0.15, -0.1) is 0 Å². The molecule has 0 heterocycles. The molecule has 0 unspecified atom stereocenters. The summed E-state index contributed by atoms with van der Waals surface area (Å²) in [5, 5.41) is 2.90. The van der Waals surface area contributed by atoms with Crippen LogP contribution in [0.15, 0.2) is 24.3 Å². The Labute approximate surface area is 122 Å². The lowest BCUT2D eigenvalue weighted by molar-refractivity contribution is 0.0924. The quantitative estimate of drug-likeness (QED) is 0.599. The lowest BCUT2D eigenvalue weighted by Gasteiger charge is -2.08. The van der Waals surface area contributed by atoms with Crippen molar-refractivity contribution in [1.29, 1.82) is 0 Å². The van der Waals surface area contributed by atoms with Crippen molar-refractivity contribution in [2.24, 2.45) is 5.92 Å². The highest BCUT2D eigenvalue weighted by molar-refractivity contribution is 14.1. The van der Waals surface area contributed by atoms with Crippen molar-refractivity contribution in [3.8, 4) is 0 Å². The fourth-order valence-corrected chi connectivity index (χ4v) is 2.07. The van der Waals surface area contributed by atoms with Crippen molar-refractivity contribution >= 4 is 28.5 Å². The Bertz CT molecular complexity index is 380. The molecule has 0 aliphatic heterocycles. The minimum atomic E-state index is -0.0103. The van der Waals surface area contributed by atoms with E-state index in [1.54, 1.807) is 0 Å². The Morgan fingerprint density at radius 3 is 2.78 bits per heavy atom. The molecule has 100 valence electrons. The highest BCUT2D eigenvalue weighted by Gasteiger charge is 2.07. The van der Waals surface area contributed by atoms with Gasteiger partial charge in [-0.2, -0.15) is 0 Å². The number of nitrogens with one attached hydrogen (secondary N) is 1. The van der Waals surface area contributed by atoms with Crippen LogP contribution in [0.4, 0.5) is 0 Å². The molecule has 1 amide bonds. The Morgan fingerprint density at radius 1 is 1.39 bits per heavy atom. The highest BCUT2D eigenvalue weighted by atomic mass is 127. The van der Waals surface area contributed by atoms with E-state index in [0.717, 1.165) is 22.2 Å². The van der Waals surface area contributed by atoms with Crippen LogP contribution in [-0.4, -0.2) is 25.7 Å². The fourth-order valence-electron chi connectivity index (χ4n) is 1.44. The van der Waals surface area contributed by atoms with Crippen LogP contribution in [0.2, 0.25) is 0 Å². The minimum absolute atomic E-state index is 0.0103. The van der Waals surface area contributed by atoms with Gasteiger partial charge < -0.3 is 10.1 Å². The minimum Gasteiger partial charge on any atom is -0.381 e. The second-order valence-corrected chi connectivity index (χ2v) is 5.72. The molecular formula is C14H20INO2. The topological polar surface area (TPSA) is 38.3 Å². The maximum absolute atomic E-state index is 11.8. The zero-order chi connectivity index (χ0) is 13.4. The van der Waals surface area contributed by atoms with E-state index in [9.17, 15) is 4.79 Å². The van der Waals surface area contributed by atoms with Crippen LogP contribution in [0, 0.1) is 9.49 Å². The molecule has 0 bridgehead atoms. The third-order valence-electron chi connectivity index (χ3n) is 2.32. The van der Waals surface area contributed by atoms with Crippen LogP contribution in [0.5, 0.6) is 0 Å². The van der Waals surface area contributed by atoms with Gasteiger partial charge in [0.15, 0.2) is 0 Å². The summed E-state index contributed by atoms with van der Waals surface area (Å²) in [5.74, 6) is 0.550. The number of carbonyl (C=O) groups is 1. The second-order valence-electron chi connectivity index (χ2n) is 4.56. The number of rotatable bonds is 7. The normalized spacial score (nSPS) is 10.7. The maximum Gasteiger partial charge on any atom is 0.252 e. The molecule has 1 aromatic rings. The van der Waals surface area contributed by atoms with E-state index < -0.39 is 0 Å². The summed E-state index contributed by atoms with van der Waals surface area (Å²) < 4.78 is 6.43. The van der Waals surface area contributed by atoms with Crippen LogP contribution < -0.4 is 5.32 Å². The van der Waals surface area contributed by atoms with Crippen molar-refractivity contribution < 1.29 is 9.53 Å². The van der Waals surface area contributed by atoms with Gasteiger partial charge in [-0.1, -0.05) is 26.0 Å². The standard InChI is InChI=1S/C14H20INO2/c1-11(2)10-18-9-5-8-16-14(17)12-6-3-4-7-13(12)15/h3-4,6-7,11H,5,8-10H2,1-2H3,(H,16,17). The number of carbonyl (C=O) groups excluding carboxylic acids is 1. The molecule has 0 saturated carbocycles. The molecule has 0 aromatic heterocycles. The molecule has 4 heteroatoms. The van der Waals surface area contributed by atoms with Crippen molar-refractivity contribution in [2.75, 3.05) is 19.8 Å². The first kappa shape index (κ1) is 15.4. The molecule has 0 aliphatic rings. The van der Waals surface area contributed by atoms with Gasteiger partial charge in [-0.25, -0.2) is 0 Å². The van der Waals surface area contributed by atoms with E-state index >= 15 is 0 Å². The van der Waals surface area contributed by atoms with E-state index in [1.165, 1.54) is 0 Å². The number of amides is 1. The summed E-state index contributed by atoms with van der Waals surface area (Å²) >= 11 is 2.17. The maximum atomic E-state index is 11.8. The van der Waals surface area contributed by atoms with Gasteiger partial charge in [0.05, 0.1) is 5.56 Å². The average Bonchev–Trinajstić information content (AvgIpc) is 2.33. The molecule has 0 atom stereocenters. The summed E-state index contributed by atoms with van der Waals surface area (Å²) in [6.07, 6.45) is 0.849. The van der Waals surface area contributed by atoms with Crippen molar-refractivity contribution in [3.63, 3.8) is 0 Å². The number of halogens is 1. The number of hydrogen-bond acceptors (Lipinski definition) is 2. The molecule has 0 radical (unpaired) electrons. The van der Waals surface area contributed by atoms with E-state index in [2.05, 4.69) is 41.8 Å². The number of benzene rings is 1. The summed E-state index contributed by atoms with van der Waals surface area (Å²) in [5.41, 5.74) is 0.737. The third kappa shape index (κ3) is 5.82. The average molecular weight is 361 g/mol. The zero-order valence-corrected chi connectivity index (χ0v) is 13.1. The molecule has 0 fully saturated rings. The van der Waals surface area contributed by atoms with Gasteiger partial charge in [-0.05, 0) is 47.1 Å². The first-order valence-electron chi connectivity index (χ1n) is 6.21. The third-order valence-corrected chi connectivity index (χ3v) is 3.26. The monoisotopic (exact) mass is 361 g/mol. The van der Waals surface area contributed by atoms with Crippen LogP contribution in [-0.2, 0) is 4.74 Å². The molecule has 1 N–H and O–H groups in total. The van der Waals surface area contributed by atoms with Crippen LogP contribution in [0.1, 0.15) is 30.6 Å². The SMILES string of the molecule is CC(C)COCCCNC(=O)c1ccccc1I. The zero-order valence-electron chi connectivity index (χ0n) is 10.9. The van der Waals surface area contributed by atoms with Gasteiger partial charge >= 0.3 is 0 Å². The van der Waals surface area contributed by atoms with E-state index in [4.69, 9.17) is 4.74 Å². The molecule has 1 aromatic carbocycles. The van der Waals surface area contributed by atoms with Gasteiger partial charge in [0, 0.05) is 23.3 Å². The van der Waals surface area contributed by atoms with Crippen LogP contribution in [0.25, 0.3) is 0 Å². The van der Waals surface area contributed by atoms with Gasteiger partial charge in [0.25, 0.3) is 5.91 Å². The second kappa shape index (κ2) is 8.48. The van der Waals surface area contributed by atoms with Gasteiger partial charge in [0.2, 0.25) is 0 Å². The molecule has 0 aliphatic carbocycles. The van der Waals surface area contributed by atoms with Gasteiger partial charge in [-0.3, -0.25) is 4.79 Å². The number of hydrogen-bond donors (Lipinski definition) is 1. The largest absolute Gasteiger partial charge is 0.381 e. The Morgan fingerprint density at radius 2 is 2.11 bits per heavy atom. The predicted molar refractivity (Wildman–Crippen MR) is 81.8 cm³/mol. The predicted octanol–water partition coefficient (Wildman–Crippen LogP) is 3.08. The molecule has 1 rings (SSSR count). The Kier molecular flexibility index (Phi) is 7.27. The van der Waals surface area contributed by atoms with Crippen molar-refractivity contribution in [1.82, 2.24) is 5.32 Å². The summed E-state index contributed by atoms with van der Waals surface area (Å²) in [4.78, 5) is 11.8. The van der Waals surface area contributed by atoms with Crippen molar-refractivity contribution in [2.45, 2.75) is 20.3 Å². The fraction of sp³-hybridized carbons (Fsp3) is 0.500. The van der Waals surface area contributed by atoms with Crippen molar-refractivity contribution in [3.05, 3.63) is 33.4 Å². The molecule has 0 saturated heterocycles. The lowest BCUT2D eigenvalue weighted by atomic mass is 10.2. The molecular weight excluding hydrogens is 341 g/mol. The lowest BCUT2D eigenvalue weighted by Crippen LogP contribution is -2.26. The summed E-state index contributed by atoms with van der Waals surface area (Å²) in [6, 6.07) is 7.58. The molecule has 18 heavy (non-hydrogen) atoms. The van der Waals surface area contributed by atoms with Crippen LogP contribution >= 0.6 is 22.6 Å². The first-order chi connectivity index (χ1) is 8.61. The van der Waals surface area contributed by atoms with E-state index in [1.807, 2.05) is 24.3 Å². The molecule has 0 spiro atoms. The first-order valence-corrected chi connectivity index (χ1v) is 7.29. The highest BCUT2D eigenvalue weighted by Crippen LogP contribution is 2.10. The Balaban J connectivity index is 2.20. The summed E-state index contributed by atoms with van der Waals surface area (Å²) in [7, 11) is 0.